The molecule has 7 nitrogen and oxygen atoms in total. The van der Waals surface area contributed by atoms with Gasteiger partial charge in [-0.2, -0.15) is 4.31 Å². The van der Waals surface area contributed by atoms with E-state index in [0.29, 0.717) is 18.0 Å². The molecule has 0 spiro atoms. The van der Waals surface area contributed by atoms with Crippen LogP contribution in [0.2, 0.25) is 0 Å². The SMILES string of the molecule is CCOc1ccccc1NC(=O)CCN(Cc1cccnc1)S(C)(=O)=O. The lowest BCUT2D eigenvalue weighted by Gasteiger charge is -2.20. The Morgan fingerprint density at radius 1 is 1.23 bits per heavy atom. The van der Waals surface area contributed by atoms with Gasteiger partial charge >= 0.3 is 0 Å². The third-order valence-corrected chi connectivity index (χ3v) is 4.85. The van der Waals surface area contributed by atoms with Gasteiger partial charge in [0.15, 0.2) is 0 Å². The molecule has 1 N–H and O–H groups in total. The van der Waals surface area contributed by atoms with Gasteiger partial charge < -0.3 is 10.1 Å². The number of anilines is 1. The summed E-state index contributed by atoms with van der Waals surface area (Å²) in [6.45, 7) is 2.60. The van der Waals surface area contributed by atoms with Gasteiger partial charge in [0.2, 0.25) is 15.9 Å². The predicted octanol–water partition coefficient (Wildman–Crippen LogP) is 2.27. The molecule has 0 unspecified atom stereocenters. The van der Waals surface area contributed by atoms with Crippen molar-refractivity contribution in [2.24, 2.45) is 0 Å². The molecule has 0 aliphatic carbocycles. The van der Waals surface area contributed by atoms with Crippen molar-refractivity contribution in [2.45, 2.75) is 19.9 Å². The lowest BCUT2D eigenvalue weighted by atomic mass is 10.2. The zero-order valence-corrected chi connectivity index (χ0v) is 15.7. The zero-order valence-electron chi connectivity index (χ0n) is 14.9. The van der Waals surface area contributed by atoms with E-state index in [2.05, 4.69) is 10.3 Å². The predicted molar refractivity (Wildman–Crippen MR) is 100 cm³/mol. The Morgan fingerprint density at radius 2 is 2.00 bits per heavy atom. The van der Waals surface area contributed by atoms with Crippen LogP contribution in [0, 0.1) is 0 Å². The van der Waals surface area contributed by atoms with Gasteiger partial charge in [-0.1, -0.05) is 18.2 Å². The highest BCUT2D eigenvalue weighted by atomic mass is 32.2. The summed E-state index contributed by atoms with van der Waals surface area (Å²) in [4.78, 5) is 16.2. The van der Waals surface area contributed by atoms with Crippen molar-refractivity contribution < 1.29 is 17.9 Å². The monoisotopic (exact) mass is 377 g/mol. The van der Waals surface area contributed by atoms with E-state index in [9.17, 15) is 13.2 Å². The fraction of sp³-hybridized carbons (Fsp3) is 0.333. The van der Waals surface area contributed by atoms with Crippen LogP contribution in [0.5, 0.6) is 5.75 Å². The highest BCUT2D eigenvalue weighted by Gasteiger charge is 2.19. The molecule has 0 aliphatic heterocycles. The Kier molecular flexibility index (Phi) is 7.11. The summed E-state index contributed by atoms with van der Waals surface area (Å²) in [6.07, 6.45) is 4.40. The minimum Gasteiger partial charge on any atom is -0.492 e. The minimum absolute atomic E-state index is 0.0355. The molecule has 0 radical (unpaired) electrons. The first kappa shape index (κ1) is 19.9. The number of nitrogens with one attached hydrogen (secondary N) is 1. The third-order valence-electron chi connectivity index (χ3n) is 3.60. The number of rotatable bonds is 9. The zero-order chi connectivity index (χ0) is 19.0. The van der Waals surface area contributed by atoms with Gasteiger partial charge in [-0.05, 0) is 30.7 Å². The molecule has 1 aromatic heterocycles. The number of ether oxygens (including phenoxy) is 1. The highest BCUT2D eigenvalue weighted by Crippen LogP contribution is 2.23. The van der Waals surface area contributed by atoms with Crippen molar-refractivity contribution >= 4 is 21.6 Å². The van der Waals surface area contributed by atoms with E-state index in [-0.39, 0.29) is 25.4 Å². The van der Waals surface area contributed by atoms with Crippen molar-refractivity contribution in [1.29, 1.82) is 0 Å². The molecule has 0 bridgehead atoms. The second kappa shape index (κ2) is 9.30. The number of carbonyl (C=O) groups excluding carboxylic acids is 1. The number of hydrogen-bond donors (Lipinski definition) is 1. The molecule has 1 aromatic carbocycles. The third kappa shape index (κ3) is 6.12. The molecule has 0 atom stereocenters. The van der Waals surface area contributed by atoms with Gasteiger partial charge in [0.25, 0.3) is 0 Å². The first-order valence-corrected chi connectivity index (χ1v) is 10.1. The van der Waals surface area contributed by atoms with E-state index in [4.69, 9.17) is 4.74 Å². The van der Waals surface area contributed by atoms with Gasteiger partial charge in [0.1, 0.15) is 5.75 Å². The molecule has 2 aromatic rings. The van der Waals surface area contributed by atoms with Crippen molar-refractivity contribution in [1.82, 2.24) is 9.29 Å². The lowest BCUT2D eigenvalue weighted by molar-refractivity contribution is -0.116. The molecule has 1 heterocycles. The Hall–Kier alpha value is -2.45. The van der Waals surface area contributed by atoms with E-state index in [0.717, 1.165) is 11.8 Å². The van der Waals surface area contributed by atoms with Crippen LogP contribution in [0.4, 0.5) is 5.69 Å². The van der Waals surface area contributed by atoms with Crippen LogP contribution in [0.15, 0.2) is 48.8 Å². The summed E-state index contributed by atoms with van der Waals surface area (Å²) in [7, 11) is -3.45. The number of pyridine rings is 1. The molecule has 26 heavy (non-hydrogen) atoms. The summed E-state index contributed by atoms with van der Waals surface area (Å²) < 4.78 is 30.7. The largest absolute Gasteiger partial charge is 0.492 e. The van der Waals surface area contributed by atoms with Crippen LogP contribution in [0.1, 0.15) is 18.9 Å². The van der Waals surface area contributed by atoms with E-state index >= 15 is 0 Å². The summed E-state index contributed by atoms with van der Waals surface area (Å²) in [5.41, 5.74) is 1.33. The molecule has 0 saturated carbocycles. The first-order valence-electron chi connectivity index (χ1n) is 8.26. The van der Waals surface area contributed by atoms with Gasteiger partial charge in [-0.25, -0.2) is 8.42 Å². The average molecular weight is 377 g/mol. The number of amides is 1. The number of nitrogens with zero attached hydrogens (tertiary/aromatic N) is 2. The van der Waals surface area contributed by atoms with E-state index in [1.54, 1.807) is 42.7 Å². The van der Waals surface area contributed by atoms with E-state index in [1.165, 1.54) is 4.31 Å². The number of benzene rings is 1. The van der Waals surface area contributed by atoms with Crippen molar-refractivity contribution in [3.63, 3.8) is 0 Å². The standard InChI is InChI=1S/C18H23N3O4S/c1-3-25-17-9-5-4-8-16(17)20-18(22)10-12-21(26(2,23)24)14-15-7-6-11-19-13-15/h4-9,11,13H,3,10,12,14H2,1-2H3,(H,20,22). The normalized spacial score (nSPS) is 11.3. The smallest absolute Gasteiger partial charge is 0.225 e. The maximum Gasteiger partial charge on any atom is 0.225 e. The Labute approximate surface area is 154 Å². The Bertz CT molecular complexity index is 825. The summed E-state index contributed by atoms with van der Waals surface area (Å²) >= 11 is 0. The topological polar surface area (TPSA) is 88.6 Å². The van der Waals surface area contributed by atoms with E-state index in [1.807, 2.05) is 13.0 Å². The van der Waals surface area contributed by atoms with Crippen molar-refractivity contribution in [3.8, 4) is 5.75 Å². The number of para-hydroxylation sites is 2. The molecular weight excluding hydrogens is 354 g/mol. The molecule has 1 amide bonds. The minimum atomic E-state index is -3.45. The molecular formula is C18H23N3O4S. The highest BCUT2D eigenvalue weighted by molar-refractivity contribution is 7.88. The second-order valence-corrected chi connectivity index (χ2v) is 7.67. The molecule has 8 heteroatoms. The van der Waals surface area contributed by atoms with Crippen molar-refractivity contribution in [3.05, 3.63) is 54.4 Å². The van der Waals surface area contributed by atoms with Crippen molar-refractivity contribution in [2.75, 3.05) is 24.7 Å². The summed E-state index contributed by atoms with van der Waals surface area (Å²) in [5.74, 6) is 0.302. The van der Waals surface area contributed by atoms with Gasteiger partial charge in [-0.15, -0.1) is 0 Å². The fourth-order valence-electron chi connectivity index (χ4n) is 2.35. The van der Waals surface area contributed by atoms with Crippen LogP contribution in [0.3, 0.4) is 0 Å². The molecule has 140 valence electrons. The molecule has 0 fully saturated rings. The van der Waals surface area contributed by atoms with Crippen LogP contribution in [-0.4, -0.2) is 43.0 Å². The van der Waals surface area contributed by atoms with Gasteiger partial charge in [0, 0.05) is 31.9 Å². The number of carbonyl (C=O) groups is 1. The van der Waals surface area contributed by atoms with Crippen LogP contribution in [-0.2, 0) is 21.4 Å². The Balaban J connectivity index is 1.99. The lowest BCUT2D eigenvalue weighted by Crippen LogP contribution is -2.32. The quantitative estimate of drug-likeness (QED) is 0.724. The van der Waals surface area contributed by atoms with Gasteiger partial charge in [-0.3, -0.25) is 9.78 Å². The maximum absolute atomic E-state index is 12.3. The molecule has 2 rings (SSSR count). The fourth-order valence-corrected chi connectivity index (χ4v) is 3.15. The van der Waals surface area contributed by atoms with E-state index < -0.39 is 10.0 Å². The number of sulfonamides is 1. The molecule has 0 saturated heterocycles. The number of hydrogen-bond acceptors (Lipinski definition) is 5. The van der Waals surface area contributed by atoms with Crippen LogP contribution < -0.4 is 10.1 Å². The maximum atomic E-state index is 12.3. The second-order valence-electron chi connectivity index (χ2n) is 5.69. The van der Waals surface area contributed by atoms with Gasteiger partial charge in [0.05, 0.1) is 18.6 Å². The average Bonchev–Trinajstić information content (AvgIpc) is 2.60. The summed E-state index contributed by atoms with van der Waals surface area (Å²) in [5, 5.41) is 2.77. The number of aromatic nitrogens is 1. The van der Waals surface area contributed by atoms with Crippen LogP contribution >= 0.6 is 0 Å². The first-order chi connectivity index (χ1) is 12.4. The van der Waals surface area contributed by atoms with Crippen LogP contribution in [0.25, 0.3) is 0 Å². The Morgan fingerprint density at radius 3 is 2.65 bits per heavy atom. The summed E-state index contributed by atoms with van der Waals surface area (Å²) in [6, 6.07) is 10.7. The molecule has 0 aliphatic rings.